The van der Waals surface area contributed by atoms with Gasteiger partial charge in [0.25, 0.3) is 0 Å². The molecule has 7 heteroatoms. The van der Waals surface area contributed by atoms with Gasteiger partial charge < -0.3 is 5.73 Å². The smallest absolute Gasteiger partial charge is 0.243 e. The fraction of sp³-hybridized carbons (Fsp3) is 0.571. The molecule has 0 saturated heterocycles. The molecule has 0 unspecified atom stereocenters. The quantitative estimate of drug-likeness (QED) is 0.870. The highest BCUT2D eigenvalue weighted by Crippen LogP contribution is 2.38. The molecule has 0 atom stereocenters. The van der Waals surface area contributed by atoms with Crippen LogP contribution in [0.15, 0.2) is 17.0 Å². The van der Waals surface area contributed by atoms with Crippen molar-refractivity contribution in [3.8, 4) is 0 Å². The lowest BCUT2D eigenvalue weighted by atomic mass is 10.2. The summed E-state index contributed by atoms with van der Waals surface area (Å²) in [6.07, 6.45) is 3.90. The molecule has 2 fully saturated rings. The molecular weight excluding hydrogens is 315 g/mol. The van der Waals surface area contributed by atoms with Crippen LogP contribution in [0, 0.1) is 11.7 Å². The lowest BCUT2D eigenvalue weighted by Gasteiger charge is -2.22. The molecule has 0 spiro atoms. The molecule has 116 valence electrons. The predicted octanol–water partition coefficient (Wildman–Crippen LogP) is 2.50. The van der Waals surface area contributed by atoms with Gasteiger partial charge >= 0.3 is 0 Å². The number of rotatable bonds is 6. The monoisotopic (exact) mass is 332 g/mol. The first-order valence-electron chi connectivity index (χ1n) is 7.13. The predicted molar refractivity (Wildman–Crippen MR) is 78.9 cm³/mol. The standard InChI is InChI=1S/C14H18ClFN2O2S/c15-14-10(7-17)5-12(6-13(14)16)21(19,20)18(11-3-4-11)8-9-1-2-9/h5-6,9,11H,1-4,7-8,17H2. The molecular formula is C14H18ClFN2O2S. The number of sulfonamides is 1. The highest BCUT2D eigenvalue weighted by molar-refractivity contribution is 7.89. The van der Waals surface area contributed by atoms with Crippen molar-refractivity contribution in [3.63, 3.8) is 0 Å². The first-order chi connectivity index (χ1) is 9.93. The van der Waals surface area contributed by atoms with Gasteiger partial charge in [-0.15, -0.1) is 0 Å². The number of hydrogen-bond acceptors (Lipinski definition) is 3. The minimum Gasteiger partial charge on any atom is -0.326 e. The summed E-state index contributed by atoms with van der Waals surface area (Å²) in [6.45, 7) is 0.542. The molecule has 2 N–H and O–H groups in total. The van der Waals surface area contributed by atoms with Crippen molar-refractivity contribution in [3.05, 3.63) is 28.5 Å². The van der Waals surface area contributed by atoms with E-state index in [9.17, 15) is 12.8 Å². The Labute approximate surface area is 129 Å². The molecule has 2 aliphatic carbocycles. The van der Waals surface area contributed by atoms with Crippen LogP contribution in [0.1, 0.15) is 31.2 Å². The number of nitrogens with two attached hydrogens (primary N) is 1. The van der Waals surface area contributed by atoms with Gasteiger partial charge in [0, 0.05) is 19.1 Å². The van der Waals surface area contributed by atoms with E-state index in [2.05, 4.69) is 0 Å². The molecule has 1 aromatic rings. The maximum atomic E-state index is 13.8. The molecule has 0 aliphatic heterocycles. The SMILES string of the molecule is NCc1cc(S(=O)(=O)N(CC2CC2)C2CC2)cc(F)c1Cl. The van der Waals surface area contributed by atoms with Crippen molar-refractivity contribution in [2.24, 2.45) is 11.7 Å². The highest BCUT2D eigenvalue weighted by atomic mass is 35.5. The third-order valence-corrected chi connectivity index (χ3v) is 6.31. The van der Waals surface area contributed by atoms with Gasteiger partial charge in [-0.05, 0) is 49.3 Å². The van der Waals surface area contributed by atoms with Gasteiger partial charge in [-0.3, -0.25) is 0 Å². The Morgan fingerprint density at radius 3 is 2.48 bits per heavy atom. The summed E-state index contributed by atoms with van der Waals surface area (Å²) in [5, 5.41) is -0.100. The Kier molecular flexibility index (Phi) is 3.98. The summed E-state index contributed by atoms with van der Waals surface area (Å²) in [5.74, 6) is -0.285. The van der Waals surface area contributed by atoms with Crippen LogP contribution in [0.2, 0.25) is 5.02 Å². The van der Waals surface area contributed by atoms with Crippen LogP contribution in [-0.4, -0.2) is 25.3 Å². The molecule has 21 heavy (non-hydrogen) atoms. The second-order valence-corrected chi connectivity index (χ2v) is 8.10. The molecule has 1 aromatic carbocycles. The normalized spacial score (nSPS) is 19.2. The molecule has 0 bridgehead atoms. The van der Waals surface area contributed by atoms with Crippen LogP contribution >= 0.6 is 11.6 Å². The Hall–Kier alpha value is -0.690. The Morgan fingerprint density at radius 2 is 1.95 bits per heavy atom. The molecule has 2 saturated carbocycles. The summed E-state index contributed by atoms with van der Waals surface area (Å²) in [7, 11) is -3.69. The van der Waals surface area contributed by atoms with Gasteiger partial charge in [0.05, 0.1) is 9.92 Å². The third-order valence-electron chi connectivity index (χ3n) is 3.99. The van der Waals surface area contributed by atoms with Crippen molar-refractivity contribution in [2.75, 3.05) is 6.54 Å². The fourth-order valence-corrected chi connectivity index (χ4v) is 4.42. The largest absolute Gasteiger partial charge is 0.326 e. The van der Waals surface area contributed by atoms with Crippen molar-refractivity contribution in [1.82, 2.24) is 4.31 Å². The maximum absolute atomic E-state index is 13.8. The van der Waals surface area contributed by atoms with Crippen LogP contribution in [0.25, 0.3) is 0 Å². The molecule has 3 rings (SSSR count). The van der Waals surface area contributed by atoms with Crippen LogP contribution < -0.4 is 5.73 Å². The zero-order chi connectivity index (χ0) is 15.2. The Morgan fingerprint density at radius 1 is 1.29 bits per heavy atom. The first-order valence-corrected chi connectivity index (χ1v) is 8.95. The van der Waals surface area contributed by atoms with E-state index in [0.717, 1.165) is 31.7 Å². The van der Waals surface area contributed by atoms with Gasteiger partial charge in [0.15, 0.2) is 0 Å². The third kappa shape index (κ3) is 3.08. The average Bonchev–Trinajstić information content (AvgIpc) is 3.31. The van der Waals surface area contributed by atoms with E-state index in [-0.39, 0.29) is 22.5 Å². The summed E-state index contributed by atoms with van der Waals surface area (Å²) in [5.41, 5.74) is 5.83. The van der Waals surface area contributed by atoms with Gasteiger partial charge in [-0.25, -0.2) is 12.8 Å². The van der Waals surface area contributed by atoms with E-state index in [1.165, 1.54) is 10.4 Å². The van der Waals surface area contributed by atoms with E-state index in [0.29, 0.717) is 18.0 Å². The van der Waals surface area contributed by atoms with Crippen molar-refractivity contribution >= 4 is 21.6 Å². The number of benzene rings is 1. The second kappa shape index (κ2) is 5.50. The Bertz CT molecular complexity index is 657. The van der Waals surface area contributed by atoms with Gasteiger partial charge in [-0.1, -0.05) is 11.6 Å². The molecule has 0 amide bonds. The van der Waals surface area contributed by atoms with Gasteiger partial charge in [0.2, 0.25) is 10.0 Å². The number of hydrogen-bond donors (Lipinski definition) is 1. The highest BCUT2D eigenvalue weighted by Gasteiger charge is 2.41. The van der Waals surface area contributed by atoms with E-state index < -0.39 is 15.8 Å². The fourth-order valence-electron chi connectivity index (χ4n) is 2.41. The molecule has 0 aromatic heterocycles. The summed E-state index contributed by atoms with van der Waals surface area (Å²) < 4.78 is 40.9. The van der Waals surface area contributed by atoms with E-state index in [1.54, 1.807) is 0 Å². The van der Waals surface area contributed by atoms with Crippen LogP contribution in [0.4, 0.5) is 4.39 Å². The number of halogens is 2. The minimum absolute atomic E-state index is 0.00513. The van der Waals surface area contributed by atoms with Gasteiger partial charge in [0.1, 0.15) is 5.82 Å². The van der Waals surface area contributed by atoms with Gasteiger partial charge in [-0.2, -0.15) is 4.31 Å². The van der Waals surface area contributed by atoms with E-state index >= 15 is 0 Å². The van der Waals surface area contributed by atoms with Crippen LogP contribution in [-0.2, 0) is 16.6 Å². The summed E-state index contributed by atoms with van der Waals surface area (Å²) in [6, 6.07) is 2.46. The molecule has 0 heterocycles. The van der Waals surface area contributed by atoms with E-state index in [1.807, 2.05) is 0 Å². The number of nitrogens with zero attached hydrogens (tertiary/aromatic N) is 1. The van der Waals surface area contributed by atoms with Crippen LogP contribution in [0.3, 0.4) is 0 Å². The summed E-state index contributed by atoms with van der Waals surface area (Å²) in [4.78, 5) is -0.0441. The maximum Gasteiger partial charge on any atom is 0.243 e. The second-order valence-electron chi connectivity index (χ2n) is 5.83. The molecule has 4 nitrogen and oxygen atoms in total. The lowest BCUT2D eigenvalue weighted by molar-refractivity contribution is 0.388. The van der Waals surface area contributed by atoms with Crippen molar-refractivity contribution in [2.45, 2.75) is 43.2 Å². The Balaban J connectivity index is 1.97. The zero-order valence-corrected chi connectivity index (χ0v) is 13.1. The average molecular weight is 333 g/mol. The zero-order valence-electron chi connectivity index (χ0n) is 11.6. The topological polar surface area (TPSA) is 63.4 Å². The van der Waals surface area contributed by atoms with Crippen molar-refractivity contribution < 1.29 is 12.8 Å². The van der Waals surface area contributed by atoms with E-state index in [4.69, 9.17) is 17.3 Å². The minimum atomic E-state index is -3.69. The molecule has 2 aliphatic rings. The molecule has 0 radical (unpaired) electrons. The lowest BCUT2D eigenvalue weighted by Crippen LogP contribution is -2.35. The summed E-state index contributed by atoms with van der Waals surface area (Å²) >= 11 is 5.80. The van der Waals surface area contributed by atoms with Crippen molar-refractivity contribution in [1.29, 1.82) is 0 Å². The first kappa shape index (κ1) is 15.2. The van der Waals surface area contributed by atoms with Crippen LogP contribution in [0.5, 0.6) is 0 Å².